The molecule has 2 rings (SSSR count). The van der Waals surface area contributed by atoms with Gasteiger partial charge in [0.05, 0.1) is 12.1 Å². The smallest absolute Gasteiger partial charge is 0.167 e. The second-order valence-corrected chi connectivity index (χ2v) is 3.95. The van der Waals surface area contributed by atoms with E-state index in [9.17, 15) is 10.2 Å². The number of nitrogens with one attached hydrogen (secondary N) is 1. The molecule has 0 unspecified atom stereocenters. The first kappa shape index (κ1) is 9.27. The third kappa shape index (κ3) is 1.53. The van der Waals surface area contributed by atoms with Crippen LogP contribution >= 0.6 is 0 Å². The van der Waals surface area contributed by atoms with Gasteiger partial charge in [-0.25, -0.2) is 0 Å². The molecule has 0 radical (unpaired) electrons. The highest BCUT2D eigenvalue weighted by molar-refractivity contribution is 5.13. The third-order valence-electron chi connectivity index (χ3n) is 2.80. The fourth-order valence-electron chi connectivity index (χ4n) is 1.73. The van der Waals surface area contributed by atoms with Crippen LogP contribution in [0.2, 0.25) is 0 Å². The van der Waals surface area contributed by atoms with Gasteiger partial charge in [-0.05, 0) is 31.4 Å². The van der Waals surface area contributed by atoms with Crippen molar-refractivity contribution in [1.82, 2.24) is 4.57 Å². The molecule has 0 aromatic carbocycles. The zero-order valence-corrected chi connectivity index (χ0v) is 7.90. The molecule has 1 fully saturated rings. The standard InChI is InChI=1S/C10H14N2O2/c11-9-8(13)3-1-6-12(9)7-10(14)4-2-5-10/h1,3,6,11,13-14H,2,4-5,7H2. The third-order valence-corrected chi connectivity index (χ3v) is 2.80. The average Bonchev–Trinajstić information content (AvgIpc) is 2.10. The van der Waals surface area contributed by atoms with Gasteiger partial charge in [0.2, 0.25) is 0 Å². The molecule has 0 spiro atoms. The summed E-state index contributed by atoms with van der Waals surface area (Å²) in [5.41, 5.74) is -0.596. The summed E-state index contributed by atoms with van der Waals surface area (Å²) in [6, 6.07) is 3.15. The SMILES string of the molecule is N=c1c(O)cccn1CC1(O)CCC1. The van der Waals surface area contributed by atoms with Crippen LogP contribution in [-0.2, 0) is 6.54 Å². The van der Waals surface area contributed by atoms with Crippen molar-refractivity contribution in [2.45, 2.75) is 31.4 Å². The number of aromatic hydroxyl groups is 1. The van der Waals surface area contributed by atoms with Gasteiger partial charge < -0.3 is 14.8 Å². The monoisotopic (exact) mass is 194 g/mol. The molecule has 76 valence electrons. The Kier molecular flexibility index (Phi) is 2.07. The maximum atomic E-state index is 9.89. The highest BCUT2D eigenvalue weighted by Gasteiger charge is 2.34. The Morgan fingerprint density at radius 3 is 2.79 bits per heavy atom. The Bertz CT molecular complexity index is 393. The maximum Gasteiger partial charge on any atom is 0.167 e. The summed E-state index contributed by atoms with van der Waals surface area (Å²) in [6.45, 7) is 0.403. The number of nitrogens with zero attached hydrogens (tertiary/aromatic N) is 1. The van der Waals surface area contributed by atoms with Crippen LogP contribution in [0.3, 0.4) is 0 Å². The van der Waals surface area contributed by atoms with Gasteiger partial charge in [-0.15, -0.1) is 0 Å². The first-order valence-corrected chi connectivity index (χ1v) is 4.76. The molecule has 1 heterocycles. The van der Waals surface area contributed by atoms with E-state index in [1.165, 1.54) is 6.07 Å². The minimum atomic E-state index is -0.658. The van der Waals surface area contributed by atoms with E-state index in [1.54, 1.807) is 16.8 Å². The predicted molar refractivity (Wildman–Crippen MR) is 50.8 cm³/mol. The molecule has 4 heteroatoms. The topological polar surface area (TPSA) is 69.2 Å². The lowest BCUT2D eigenvalue weighted by atomic mass is 9.80. The maximum absolute atomic E-state index is 9.89. The molecule has 0 saturated heterocycles. The van der Waals surface area contributed by atoms with Gasteiger partial charge in [-0.1, -0.05) is 0 Å². The van der Waals surface area contributed by atoms with Crippen LogP contribution in [0, 0.1) is 5.41 Å². The lowest BCUT2D eigenvalue weighted by molar-refractivity contribution is -0.0483. The van der Waals surface area contributed by atoms with E-state index >= 15 is 0 Å². The van der Waals surface area contributed by atoms with Gasteiger partial charge in [-0.2, -0.15) is 0 Å². The number of aromatic nitrogens is 1. The van der Waals surface area contributed by atoms with E-state index < -0.39 is 5.60 Å². The van der Waals surface area contributed by atoms with E-state index in [-0.39, 0.29) is 11.2 Å². The number of aliphatic hydroxyl groups is 1. The lowest BCUT2D eigenvalue weighted by Gasteiger charge is -2.37. The van der Waals surface area contributed by atoms with Crippen LogP contribution in [-0.4, -0.2) is 20.4 Å². The molecule has 1 aliphatic carbocycles. The Hall–Kier alpha value is -1.29. The zero-order valence-electron chi connectivity index (χ0n) is 7.90. The number of rotatable bonds is 2. The fraction of sp³-hybridized carbons (Fsp3) is 0.500. The van der Waals surface area contributed by atoms with Crippen LogP contribution in [0.5, 0.6) is 5.75 Å². The average molecular weight is 194 g/mol. The van der Waals surface area contributed by atoms with E-state index in [0.29, 0.717) is 6.54 Å². The van der Waals surface area contributed by atoms with Gasteiger partial charge in [-0.3, -0.25) is 5.41 Å². The minimum Gasteiger partial charge on any atom is -0.504 e. The highest BCUT2D eigenvalue weighted by Crippen LogP contribution is 2.32. The minimum absolute atomic E-state index is 0.0459. The van der Waals surface area contributed by atoms with Gasteiger partial charge in [0.1, 0.15) is 0 Å². The van der Waals surface area contributed by atoms with Crippen LogP contribution in [0.15, 0.2) is 18.3 Å². The predicted octanol–water partition coefficient (Wildman–Crippen LogP) is 0.588. The summed E-state index contributed by atoms with van der Waals surface area (Å²) in [7, 11) is 0. The van der Waals surface area contributed by atoms with Crippen molar-refractivity contribution in [3.8, 4) is 5.75 Å². The van der Waals surface area contributed by atoms with E-state index in [0.717, 1.165) is 19.3 Å². The zero-order chi connectivity index (χ0) is 10.2. The van der Waals surface area contributed by atoms with Crippen molar-refractivity contribution >= 4 is 0 Å². The molecule has 3 N–H and O–H groups in total. The first-order valence-electron chi connectivity index (χ1n) is 4.76. The lowest BCUT2D eigenvalue weighted by Crippen LogP contribution is -2.43. The highest BCUT2D eigenvalue weighted by atomic mass is 16.3. The van der Waals surface area contributed by atoms with Crippen LogP contribution in [0.25, 0.3) is 0 Å². The molecule has 1 aliphatic rings. The summed E-state index contributed by atoms with van der Waals surface area (Å²) in [5.74, 6) is -0.0459. The summed E-state index contributed by atoms with van der Waals surface area (Å²) in [4.78, 5) is 0. The van der Waals surface area contributed by atoms with Crippen LogP contribution in [0.1, 0.15) is 19.3 Å². The van der Waals surface area contributed by atoms with Crippen LogP contribution in [0.4, 0.5) is 0 Å². The fourth-order valence-corrected chi connectivity index (χ4v) is 1.73. The van der Waals surface area contributed by atoms with Gasteiger partial charge >= 0.3 is 0 Å². The van der Waals surface area contributed by atoms with E-state index in [4.69, 9.17) is 5.41 Å². The molecule has 0 aliphatic heterocycles. The quantitative estimate of drug-likeness (QED) is 0.645. The van der Waals surface area contributed by atoms with E-state index in [2.05, 4.69) is 0 Å². The summed E-state index contributed by atoms with van der Waals surface area (Å²) < 4.78 is 1.58. The normalized spacial score (nSPS) is 18.9. The Morgan fingerprint density at radius 2 is 2.21 bits per heavy atom. The molecule has 1 aromatic heterocycles. The molecule has 4 nitrogen and oxygen atoms in total. The summed E-state index contributed by atoms with van der Waals surface area (Å²) in [6.07, 6.45) is 4.33. The molecule has 0 amide bonds. The second kappa shape index (κ2) is 3.13. The Morgan fingerprint density at radius 1 is 1.50 bits per heavy atom. The van der Waals surface area contributed by atoms with E-state index in [1.807, 2.05) is 0 Å². The Labute approximate surface area is 82.0 Å². The molecular formula is C10H14N2O2. The second-order valence-electron chi connectivity index (χ2n) is 3.95. The van der Waals surface area contributed by atoms with Crippen molar-refractivity contribution in [1.29, 1.82) is 5.41 Å². The van der Waals surface area contributed by atoms with Crippen molar-refractivity contribution in [3.63, 3.8) is 0 Å². The molecule has 0 atom stereocenters. The largest absolute Gasteiger partial charge is 0.504 e. The van der Waals surface area contributed by atoms with Gasteiger partial charge in [0.25, 0.3) is 0 Å². The van der Waals surface area contributed by atoms with Crippen molar-refractivity contribution in [3.05, 3.63) is 23.8 Å². The van der Waals surface area contributed by atoms with Crippen LogP contribution < -0.4 is 5.49 Å². The van der Waals surface area contributed by atoms with Crippen molar-refractivity contribution in [2.75, 3.05) is 0 Å². The number of hydrogen-bond donors (Lipinski definition) is 3. The van der Waals surface area contributed by atoms with Gasteiger partial charge in [0.15, 0.2) is 11.2 Å². The van der Waals surface area contributed by atoms with Crippen molar-refractivity contribution < 1.29 is 10.2 Å². The number of hydrogen-bond acceptors (Lipinski definition) is 3. The van der Waals surface area contributed by atoms with Crippen molar-refractivity contribution in [2.24, 2.45) is 0 Å². The number of pyridine rings is 1. The Balaban J connectivity index is 2.25. The summed E-state index contributed by atoms with van der Waals surface area (Å²) >= 11 is 0. The summed E-state index contributed by atoms with van der Waals surface area (Å²) in [5, 5.41) is 26.8. The van der Waals surface area contributed by atoms with Gasteiger partial charge in [0, 0.05) is 6.20 Å². The molecular weight excluding hydrogens is 180 g/mol. The molecule has 0 bridgehead atoms. The first-order chi connectivity index (χ1) is 6.61. The molecule has 14 heavy (non-hydrogen) atoms. The molecule has 1 saturated carbocycles. The molecule has 1 aromatic rings.